The Kier molecular flexibility index (Phi) is 2.37. The van der Waals surface area contributed by atoms with Crippen molar-refractivity contribution in [1.29, 1.82) is 0 Å². The molecule has 72 valence electrons. The van der Waals surface area contributed by atoms with E-state index >= 15 is 0 Å². The molecule has 0 fully saturated rings. The Morgan fingerprint density at radius 1 is 1.07 bits per heavy atom. The molecule has 2 aromatic rings. The van der Waals surface area contributed by atoms with E-state index in [0.29, 0.717) is 5.75 Å². The van der Waals surface area contributed by atoms with E-state index in [4.69, 9.17) is 9.84 Å². The van der Waals surface area contributed by atoms with Crippen LogP contribution in [0.3, 0.4) is 0 Å². The van der Waals surface area contributed by atoms with Crippen LogP contribution in [0, 0.1) is 6.92 Å². The maximum atomic E-state index is 8.61. The number of benzene rings is 2. The molecule has 2 aromatic carbocycles. The summed E-state index contributed by atoms with van der Waals surface area (Å²) in [6.45, 7) is 1.79. The van der Waals surface area contributed by atoms with Crippen molar-refractivity contribution in [2.24, 2.45) is 0 Å². The number of aliphatic hydroxyl groups is 1. The lowest BCUT2D eigenvalue weighted by molar-refractivity contribution is 0.0987. The van der Waals surface area contributed by atoms with Crippen LogP contribution in [-0.2, 0) is 0 Å². The normalized spacial score (nSPS) is 10.4. The minimum absolute atomic E-state index is 0.280. The average Bonchev–Trinajstić information content (AvgIpc) is 2.19. The molecule has 2 heteroatoms. The van der Waals surface area contributed by atoms with E-state index in [0.717, 1.165) is 5.39 Å². The van der Waals surface area contributed by atoms with Crippen molar-refractivity contribution < 1.29 is 9.84 Å². The Bertz CT molecular complexity index is 449. The van der Waals surface area contributed by atoms with Crippen LogP contribution >= 0.6 is 0 Å². The number of fused-ring (bicyclic) bond motifs is 1. The van der Waals surface area contributed by atoms with Gasteiger partial charge in [0, 0.05) is 0 Å². The second kappa shape index (κ2) is 3.68. The first-order valence-electron chi connectivity index (χ1n) is 4.54. The van der Waals surface area contributed by atoms with Crippen molar-refractivity contribution in [3.05, 3.63) is 42.0 Å². The average molecular weight is 188 g/mol. The first kappa shape index (κ1) is 9.03. The summed E-state index contributed by atoms with van der Waals surface area (Å²) in [6.07, 6.45) is 0. The van der Waals surface area contributed by atoms with Crippen LogP contribution in [0.4, 0.5) is 0 Å². The molecule has 0 spiro atoms. The maximum absolute atomic E-state index is 8.61. The molecule has 0 unspecified atom stereocenters. The summed E-state index contributed by atoms with van der Waals surface area (Å²) in [5.74, 6) is 0.698. The Labute approximate surface area is 82.8 Å². The topological polar surface area (TPSA) is 29.5 Å². The highest BCUT2D eigenvalue weighted by atomic mass is 16.6. The van der Waals surface area contributed by atoms with E-state index in [1.165, 1.54) is 10.9 Å². The van der Waals surface area contributed by atoms with Crippen LogP contribution in [0.15, 0.2) is 36.4 Å². The third-order valence-corrected chi connectivity index (χ3v) is 2.20. The molecule has 14 heavy (non-hydrogen) atoms. The molecule has 0 atom stereocenters. The lowest BCUT2D eigenvalue weighted by Gasteiger charge is -2.04. The van der Waals surface area contributed by atoms with Crippen molar-refractivity contribution in [3.63, 3.8) is 0 Å². The highest BCUT2D eigenvalue weighted by Crippen LogP contribution is 2.21. The second-order valence-electron chi connectivity index (χ2n) is 3.29. The van der Waals surface area contributed by atoms with E-state index in [2.05, 4.69) is 25.1 Å². The van der Waals surface area contributed by atoms with Crippen molar-refractivity contribution >= 4 is 10.8 Å². The molecular formula is C12H12O2. The van der Waals surface area contributed by atoms with Gasteiger partial charge >= 0.3 is 0 Å². The quantitative estimate of drug-likeness (QED) is 0.733. The Hall–Kier alpha value is -1.54. The summed E-state index contributed by atoms with van der Waals surface area (Å²) >= 11 is 0. The first-order chi connectivity index (χ1) is 6.79. The minimum atomic E-state index is -0.280. The predicted octanol–water partition coefficient (Wildman–Crippen LogP) is 2.48. The van der Waals surface area contributed by atoms with Crippen molar-refractivity contribution in [2.45, 2.75) is 6.92 Å². The SMILES string of the molecule is Cc1ccc2cc(OCO)ccc2c1. The minimum Gasteiger partial charge on any atom is -0.468 e. The summed E-state index contributed by atoms with van der Waals surface area (Å²) in [7, 11) is 0. The van der Waals surface area contributed by atoms with Gasteiger partial charge in [0.2, 0.25) is 0 Å². The largest absolute Gasteiger partial charge is 0.468 e. The van der Waals surface area contributed by atoms with E-state index in [1.807, 2.05) is 18.2 Å². The third kappa shape index (κ3) is 1.70. The van der Waals surface area contributed by atoms with Gasteiger partial charge in [-0.3, -0.25) is 0 Å². The number of ether oxygens (including phenoxy) is 1. The smallest absolute Gasteiger partial charge is 0.186 e. The lowest BCUT2D eigenvalue weighted by atomic mass is 10.1. The highest BCUT2D eigenvalue weighted by molar-refractivity contribution is 5.84. The lowest BCUT2D eigenvalue weighted by Crippen LogP contribution is -1.93. The van der Waals surface area contributed by atoms with Crippen LogP contribution in [0.25, 0.3) is 10.8 Å². The summed E-state index contributed by atoms with van der Waals surface area (Å²) < 4.78 is 5.00. The maximum Gasteiger partial charge on any atom is 0.186 e. The molecule has 0 amide bonds. The van der Waals surface area contributed by atoms with Gasteiger partial charge < -0.3 is 9.84 Å². The fraction of sp³-hybridized carbons (Fsp3) is 0.167. The summed E-state index contributed by atoms with van der Waals surface area (Å²) in [4.78, 5) is 0. The van der Waals surface area contributed by atoms with Crippen molar-refractivity contribution in [3.8, 4) is 5.75 Å². The fourth-order valence-electron chi connectivity index (χ4n) is 1.51. The Balaban J connectivity index is 2.50. The van der Waals surface area contributed by atoms with E-state index in [-0.39, 0.29) is 6.79 Å². The molecule has 2 rings (SSSR count). The highest BCUT2D eigenvalue weighted by Gasteiger charge is 1.96. The van der Waals surface area contributed by atoms with Crippen LogP contribution in [0.1, 0.15) is 5.56 Å². The zero-order valence-electron chi connectivity index (χ0n) is 8.03. The summed E-state index contributed by atoms with van der Waals surface area (Å²) in [5, 5.41) is 10.9. The molecule has 2 nitrogen and oxygen atoms in total. The van der Waals surface area contributed by atoms with Gasteiger partial charge in [-0.25, -0.2) is 0 Å². The number of aliphatic hydroxyl groups excluding tert-OH is 1. The Morgan fingerprint density at radius 3 is 2.57 bits per heavy atom. The molecule has 0 bridgehead atoms. The number of rotatable bonds is 2. The summed E-state index contributed by atoms with van der Waals surface area (Å²) in [5.41, 5.74) is 1.24. The van der Waals surface area contributed by atoms with Gasteiger partial charge in [-0.15, -0.1) is 0 Å². The van der Waals surface area contributed by atoms with E-state index in [9.17, 15) is 0 Å². The van der Waals surface area contributed by atoms with Gasteiger partial charge in [-0.05, 0) is 29.8 Å². The monoisotopic (exact) mass is 188 g/mol. The van der Waals surface area contributed by atoms with Gasteiger partial charge in [0.1, 0.15) is 5.75 Å². The molecular weight excluding hydrogens is 176 g/mol. The molecule has 0 saturated heterocycles. The number of hydrogen-bond acceptors (Lipinski definition) is 2. The van der Waals surface area contributed by atoms with Crippen LogP contribution in [-0.4, -0.2) is 11.9 Å². The van der Waals surface area contributed by atoms with Gasteiger partial charge in [0.05, 0.1) is 0 Å². The molecule has 0 saturated carbocycles. The van der Waals surface area contributed by atoms with Gasteiger partial charge in [0.25, 0.3) is 0 Å². The predicted molar refractivity (Wildman–Crippen MR) is 56.4 cm³/mol. The van der Waals surface area contributed by atoms with Crippen molar-refractivity contribution in [1.82, 2.24) is 0 Å². The number of aryl methyl sites for hydroxylation is 1. The van der Waals surface area contributed by atoms with Crippen LogP contribution in [0.5, 0.6) is 5.75 Å². The third-order valence-electron chi connectivity index (χ3n) is 2.20. The fourth-order valence-corrected chi connectivity index (χ4v) is 1.51. The zero-order valence-corrected chi connectivity index (χ0v) is 8.03. The zero-order chi connectivity index (χ0) is 9.97. The molecule has 0 radical (unpaired) electrons. The van der Waals surface area contributed by atoms with Crippen LogP contribution in [0.2, 0.25) is 0 Å². The molecule has 1 N–H and O–H groups in total. The standard InChI is InChI=1S/C12H12O2/c1-9-2-3-11-7-12(14-8-13)5-4-10(11)6-9/h2-7,13H,8H2,1H3. The number of hydrogen-bond donors (Lipinski definition) is 1. The van der Waals surface area contributed by atoms with E-state index in [1.54, 1.807) is 0 Å². The molecule has 0 heterocycles. The first-order valence-corrected chi connectivity index (χ1v) is 4.54. The Morgan fingerprint density at radius 2 is 1.79 bits per heavy atom. The van der Waals surface area contributed by atoms with E-state index < -0.39 is 0 Å². The van der Waals surface area contributed by atoms with Gasteiger partial charge in [0.15, 0.2) is 6.79 Å². The summed E-state index contributed by atoms with van der Waals surface area (Å²) in [6, 6.07) is 12.0. The molecule has 0 aliphatic heterocycles. The molecule has 0 aromatic heterocycles. The van der Waals surface area contributed by atoms with Gasteiger partial charge in [-0.1, -0.05) is 29.8 Å². The van der Waals surface area contributed by atoms with Gasteiger partial charge in [-0.2, -0.15) is 0 Å². The molecule has 0 aliphatic carbocycles. The van der Waals surface area contributed by atoms with Crippen molar-refractivity contribution in [2.75, 3.05) is 6.79 Å². The molecule has 0 aliphatic rings. The van der Waals surface area contributed by atoms with Crippen LogP contribution < -0.4 is 4.74 Å². The second-order valence-corrected chi connectivity index (χ2v) is 3.29.